The Balaban J connectivity index is 1.73. The van der Waals surface area contributed by atoms with Crippen molar-refractivity contribution in [3.63, 3.8) is 0 Å². The number of anilines is 2. The highest BCUT2D eigenvalue weighted by atomic mass is 32.2. The van der Waals surface area contributed by atoms with Gasteiger partial charge >= 0.3 is 0 Å². The van der Waals surface area contributed by atoms with Crippen LogP contribution in [-0.4, -0.2) is 17.1 Å². The third-order valence-electron chi connectivity index (χ3n) is 4.67. The maximum Gasteiger partial charge on any atom is 0.255 e. The summed E-state index contributed by atoms with van der Waals surface area (Å²) in [7, 11) is 0. The van der Waals surface area contributed by atoms with Crippen molar-refractivity contribution in [1.82, 2.24) is 0 Å². The van der Waals surface area contributed by atoms with Gasteiger partial charge in [0.05, 0.1) is 5.25 Å². The largest absolute Gasteiger partial charge is 0.322 e. The molecule has 0 bridgehead atoms. The topological polar surface area (TPSA) is 58.2 Å². The molecule has 0 aromatic heterocycles. The number of hydrogen-bond donors (Lipinski definition) is 2. The van der Waals surface area contributed by atoms with Crippen molar-refractivity contribution < 1.29 is 27.2 Å². The SMILES string of the molecule is CCC(Sc1cccc(NC(=O)c2cccc(C)c2)c1)C(=O)Nc1c(F)c(F)cc(F)c1F. The molecule has 0 spiro atoms. The van der Waals surface area contributed by atoms with Crippen LogP contribution in [0.5, 0.6) is 0 Å². The predicted molar refractivity (Wildman–Crippen MR) is 120 cm³/mol. The summed E-state index contributed by atoms with van der Waals surface area (Å²) < 4.78 is 54.6. The zero-order chi connectivity index (χ0) is 24.1. The van der Waals surface area contributed by atoms with Gasteiger partial charge in [-0.05, 0) is 43.7 Å². The maximum atomic E-state index is 13.9. The molecule has 33 heavy (non-hydrogen) atoms. The summed E-state index contributed by atoms with van der Waals surface area (Å²) in [6.07, 6.45) is 0.261. The summed E-state index contributed by atoms with van der Waals surface area (Å²) in [5.74, 6) is -7.70. The Morgan fingerprint density at radius 1 is 0.909 bits per heavy atom. The molecule has 9 heteroatoms. The fourth-order valence-corrected chi connectivity index (χ4v) is 4.02. The highest BCUT2D eigenvalue weighted by Gasteiger charge is 2.25. The maximum absolute atomic E-state index is 13.9. The zero-order valence-electron chi connectivity index (χ0n) is 17.7. The molecule has 0 saturated carbocycles. The van der Waals surface area contributed by atoms with Crippen molar-refractivity contribution >= 4 is 35.0 Å². The first kappa shape index (κ1) is 24.3. The van der Waals surface area contributed by atoms with Gasteiger partial charge in [-0.15, -0.1) is 11.8 Å². The molecule has 1 atom stereocenters. The van der Waals surface area contributed by atoms with Crippen molar-refractivity contribution in [2.24, 2.45) is 0 Å². The molecule has 3 aromatic rings. The normalized spacial score (nSPS) is 11.7. The van der Waals surface area contributed by atoms with Crippen LogP contribution in [0.2, 0.25) is 0 Å². The van der Waals surface area contributed by atoms with Crippen LogP contribution in [0.3, 0.4) is 0 Å². The summed E-state index contributed by atoms with van der Waals surface area (Å²) in [6.45, 7) is 3.55. The third kappa shape index (κ3) is 5.92. The van der Waals surface area contributed by atoms with E-state index < -0.39 is 40.1 Å². The molecule has 0 heterocycles. The van der Waals surface area contributed by atoms with Crippen molar-refractivity contribution in [3.05, 3.63) is 89.0 Å². The van der Waals surface area contributed by atoms with Gasteiger partial charge in [-0.25, -0.2) is 17.6 Å². The van der Waals surface area contributed by atoms with E-state index in [1.54, 1.807) is 49.4 Å². The summed E-state index contributed by atoms with van der Waals surface area (Å²) in [5.41, 5.74) is 0.752. The van der Waals surface area contributed by atoms with Gasteiger partial charge in [0.1, 0.15) is 5.69 Å². The van der Waals surface area contributed by atoms with Crippen LogP contribution in [0.15, 0.2) is 59.5 Å². The van der Waals surface area contributed by atoms with Gasteiger partial charge in [0, 0.05) is 22.2 Å². The van der Waals surface area contributed by atoms with Crippen LogP contribution < -0.4 is 10.6 Å². The summed E-state index contributed by atoms with van der Waals surface area (Å²) in [4.78, 5) is 25.6. The molecule has 0 fully saturated rings. The van der Waals surface area contributed by atoms with Gasteiger partial charge in [-0.2, -0.15) is 0 Å². The lowest BCUT2D eigenvalue weighted by Crippen LogP contribution is -2.26. The summed E-state index contributed by atoms with van der Waals surface area (Å²) in [6, 6.07) is 13.9. The number of aryl methyl sites for hydroxylation is 1. The molecule has 0 aliphatic heterocycles. The summed E-state index contributed by atoms with van der Waals surface area (Å²) in [5, 5.41) is 3.90. The van der Waals surface area contributed by atoms with Crippen molar-refractivity contribution in [3.8, 4) is 0 Å². The minimum atomic E-state index is -1.68. The average molecular weight is 476 g/mol. The molecule has 4 nitrogen and oxygen atoms in total. The Morgan fingerprint density at radius 2 is 1.58 bits per heavy atom. The van der Waals surface area contributed by atoms with E-state index in [1.165, 1.54) is 0 Å². The van der Waals surface area contributed by atoms with Gasteiger partial charge in [0.2, 0.25) is 5.91 Å². The molecule has 0 saturated heterocycles. The van der Waals surface area contributed by atoms with Gasteiger partial charge < -0.3 is 10.6 Å². The lowest BCUT2D eigenvalue weighted by Gasteiger charge is -2.16. The number of benzene rings is 3. The van der Waals surface area contributed by atoms with Gasteiger partial charge in [0.15, 0.2) is 23.3 Å². The fourth-order valence-electron chi connectivity index (χ4n) is 3.01. The number of carbonyl (C=O) groups excluding carboxylic acids is 2. The first-order valence-electron chi connectivity index (χ1n) is 9.98. The van der Waals surface area contributed by atoms with Crippen LogP contribution in [0.1, 0.15) is 29.3 Å². The van der Waals surface area contributed by atoms with Gasteiger partial charge in [0.25, 0.3) is 5.91 Å². The first-order valence-corrected chi connectivity index (χ1v) is 10.9. The Kier molecular flexibility index (Phi) is 7.75. The smallest absolute Gasteiger partial charge is 0.255 e. The molecule has 3 rings (SSSR count). The van der Waals surface area contributed by atoms with Gasteiger partial charge in [-0.3, -0.25) is 9.59 Å². The number of carbonyl (C=O) groups is 2. The average Bonchev–Trinajstić information content (AvgIpc) is 2.79. The van der Waals surface area contributed by atoms with Crippen LogP contribution >= 0.6 is 11.8 Å². The van der Waals surface area contributed by atoms with E-state index in [2.05, 4.69) is 5.32 Å². The van der Waals surface area contributed by atoms with Crippen molar-refractivity contribution in [1.29, 1.82) is 0 Å². The number of thioether (sulfide) groups is 1. The molecule has 2 amide bonds. The zero-order valence-corrected chi connectivity index (χ0v) is 18.5. The number of hydrogen-bond acceptors (Lipinski definition) is 3. The van der Waals surface area contributed by atoms with E-state index in [1.807, 2.05) is 18.3 Å². The molecular weight excluding hydrogens is 456 g/mol. The van der Waals surface area contributed by atoms with E-state index in [0.717, 1.165) is 17.3 Å². The van der Waals surface area contributed by atoms with E-state index >= 15 is 0 Å². The third-order valence-corrected chi connectivity index (χ3v) is 6.03. The second-order valence-corrected chi connectivity index (χ2v) is 8.47. The van der Waals surface area contributed by atoms with Crippen LogP contribution in [-0.2, 0) is 4.79 Å². The van der Waals surface area contributed by atoms with Crippen molar-refractivity contribution in [2.75, 3.05) is 10.6 Å². The lowest BCUT2D eigenvalue weighted by atomic mass is 10.1. The standard InChI is InChI=1S/C24H20F4N2O2S/c1-3-19(24(32)30-22-20(27)17(25)12-18(26)21(22)28)33-16-9-5-8-15(11-16)29-23(31)14-7-4-6-13(2)10-14/h4-12,19H,3H2,1-2H3,(H,29,31)(H,30,32). The second-order valence-electron chi connectivity index (χ2n) is 7.20. The van der Waals surface area contributed by atoms with E-state index in [4.69, 9.17) is 0 Å². The fraction of sp³-hybridized carbons (Fsp3) is 0.167. The van der Waals surface area contributed by atoms with Gasteiger partial charge in [-0.1, -0.05) is 30.7 Å². The second kappa shape index (κ2) is 10.5. The molecule has 3 aromatic carbocycles. The molecule has 0 radical (unpaired) electrons. The predicted octanol–water partition coefficient (Wildman–Crippen LogP) is 6.31. The van der Waals surface area contributed by atoms with E-state index in [-0.39, 0.29) is 18.4 Å². The summed E-state index contributed by atoms with van der Waals surface area (Å²) >= 11 is 1.08. The molecule has 1 unspecified atom stereocenters. The monoisotopic (exact) mass is 476 g/mol. The minimum Gasteiger partial charge on any atom is -0.322 e. The molecular formula is C24H20F4N2O2S. The lowest BCUT2D eigenvalue weighted by molar-refractivity contribution is -0.115. The Labute approximate surface area is 192 Å². The van der Waals surface area contributed by atoms with Crippen molar-refractivity contribution in [2.45, 2.75) is 30.4 Å². The Hall–Kier alpha value is -3.33. The Morgan fingerprint density at radius 3 is 2.21 bits per heavy atom. The molecule has 0 aliphatic carbocycles. The number of halogens is 4. The van der Waals surface area contributed by atoms with E-state index in [0.29, 0.717) is 16.1 Å². The number of rotatable bonds is 7. The highest BCUT2D eigenvalue weighted by molar-refractivity contribution is 8.00. The van der Waals surface area contributed by atoms with Crippen LogP contribution in [0, 0.1) is 30.2 Å². The molecule has 0 aliphatic rings. The van der Waals surface area contributed by atoms with Crippen LogP contribution in [0.4, 0.5) is 28.9 Å². The van der Waals surface area contributed by atoms with E-state index in [9.17, 15) is 27.2 Å². The molecule has 2 N–H and O–H groups in total. The highest BCUT2D eigenvalue weighted by Crippen LogP contribution is 2.30. The quantitative estimate of drug-likeness (QED) is 0.239. The van der Waals surface area contributed by atoms with Crippen LogP contribution in [0.25, 0.3) is 0 Å². The first-order chi connectivity index (χ1) is 15.7. The number of amides is 2. The number of nitrogens with one attached hydrogen (secondary N) is 2. The molecule has 172 valence electrons. The Bertz CT molecular complexity index is 1180. The minimum absolute atomic E-state index is 0.0723.